The minimum atomic E-state index is -0.436. The van der Waals surface area contributed by atoms with Crippen molar-refractivity contribution < 1.29 is 9.90 Å². The normalized spacial score (nSPS) is 13.9. The van der Waals surface area contributed by atoms with Gasteiger partial charge in [-0.25, -0.2) is 0 Å². The van der Waals surface area contributed by atoms with Gasteiger partial charge in [0, 0.05) is 18.6 Å². The number of aliphatic hydroxyl groups excluding tert-OH is 1. The van der Waals surface area contributed by atoms with E-state index in [0.717, 1.165) is 0 Å². The molecule has 0 spiro atoms. The Morgan fingerprint density at radius 1 is 1.62 bits per heavy atom. The predicted molar refractivity (Wildman–Crippen MR) is 52.1 cm³/mol. The molecule has 4 N–H and O–H groups in total. The zero-order chi connectivity index (χ0) is 10.5. The smallest absolute Gasteiger partial charge is 0.236 e. The van der Waals surface area contributed by atoms with Gasteiger partial charge in [-0.2, -0.15) is 0 Å². The van der Waals surface area contributed by atoms with Crippen molar-refractivity contribution in [3.05, 3.63) is 0 Å². The zero-order valence-corrected chi connectivity index (χ0v) is 8.63. The van der Waals surface area contributed by atoms with Crippen LogP contribution in [0.15, 0.2) is 0 Å². The number of carbonyl (C=O) groups excluding carboxylic acids is 1. The maximum absolute atomic E-state index is 11.2. The van der Waals surface area contributed by atoms with Gasteiger partial charge >= 0.3 is 0 Å². The average molecular weight is 188 g/mol. The number of hydrogen-bond acceptors (Lipinski definition) is 3. The summed E-state index contributed by atoms with van der Waals surface area (Å²) in [7, 11) is 0. The van der Waals surface area contributed by atoms with Crippen LogP contribution < -0.4 is 11.1 Å². The van der Waals surface area contributed by atoms with Gasteiger partial charge in [-0.05, 0) is 6.42 Å². The topological polar surface area (TPSA) is 75.4 Å². The number of nitrogens with one attached hydrogen (secondary N) is 1. The number of carbonyl (C=O) groups is 1. The first kappa shape index (κ1) is 12.4. The van der Waals surface area contributed by atoms with E-state index in [0.29, 0.717) is 13.0 Å². The van der Waals surface area contributed by atoms with E-state index in [-0.39, 0.29) is 17.9 Å². The molecule has 0 rings (SSSR count). The van der Waals surface area contributed by atoms with Gasteiger partial charge in [-0.3, -0.25) is 4.79 Å². The minimum absolute atomic E-state index is 0.0502. The molecule has 0 aliphatic heterocycles. The molecule has 4 nitrogen and oxygen atoms in total. The Kier molecular flexibility index (Phi) is 4.95. The lowest BCUT2D eigenvalue weighted by molar-refractivity contribution is -0.122. The van der Waals surface area contributed by atoms with Crippen LogP contribution in [0.4, 0.5) is 0 Å². The quantitative estimate of drug-likeness (QED) is 0.562. The molecule has 0 fully saturated rings. The fourth-order valence-corrected chi connectivity index (χ4v) is 0.699. The second kappa shape index (κ2) is 5.19. The maximum Gasteiger partial charge on any atom is 0.236 e. The highest BCUT2D eigenvalue weighted by molar-refractivity contribution is 5.81. The van der Waals surface area contributed by atoms with E-state index in [1.54, 1.807) is 0 Å². The van der Waals surface area contributed by atoms with Gasteiger partial charge in [0.25, 0.3) is 0 Å². The van der Waals surface area contributed by atoms with Gasteiger partial charge in [-0.1, -0.05) is 20.8 Å². The summed E-state index contributed by atoms with van der Waals surface area (Å²) in [6.07, 6.45) is 0.630. The molecule has 0 radical (unpaired) electrons. The molecule has 0 aromatic carbocycles. The van der Waals surface area contributed by atoms with Gasteiger partial charge in [0.1, 0.15) is 0 Å². The summed E-state index contributed by atoms with van der Waals surface area (Å²) >= 11 is 0. The molecule has 13 heavy (non-hydrogen) atoms. The first-order valence-corrected chi connectivity index (χ1v) is 4.57. The van der Waals surface area contributed by atoms with Crippen LogP contribution in [0.2, 0.25) is 0 Å². The van der Waals surface area contributed by atoms with E-state index < -0.39 is 6.04 Å². The van der Waals surface area contributed by atoms with E-state index >= 15 is 0 Å². The lowest BCUT2D eigenvalue weighted by Crippen LogP contribution is -2.44. The van der Waals surface area contributed by atoms with Crippen LogP contribution in [-0.2, 0) is 4.79 Å². The average Bonchev–Trinajstić information content (AvgIpc) is 2.13. The summed E-state index contributed by atoms with van der Waals surface area (Å²) in [4.78, 5) is 11.2. The van der Waals surface area contributed by atoms with Gasteiger partial charge in [0.2, 0.25) is 5.91 Å². The monoisotopic (exact) mass is 188 g/mol. The highest BCUT2D eigenvalue weighted by Gasteiger charge is 2.19. The SMILES string of the molecule is CC[C@@H](N)C(=O)NCC(C)(C)CO. The van der Waals surface area contributed by atoms with Crippen molar-refractivity contribution >= 4 is 5.91 Å². The molecule has 0 aliphatic carbocycles. The zero-order valence-electron chi connectivity index (χ0n) is 8.63. The molecule has 0 saturated heterocycles. The fraction of sp³-hybridized carbons (Fsp3) is 0.889. The Morgan fingerprint density at radius 3 is 2.54 bits per heavy atom. The van der Waals surface area contributed by atoms with E-state index in [9.17, 15) is 4.79 Å². The van der Waals surface area contributed by atoms with Crippen molar-refractivity contribution in [3.8, 4) is 0 Å². The molecule has 0 aromatic heterocycles. The molecular formula is C9H20N2O2. The van der Waals surface area contributed by atoms with Crippen LogP contribution in [-0.4, -0.2) is 30.2 Å². The summed E-state index contributed by atoms with van der Waals surface area (Å²) in [6, 6.07) is -0.436. The van der Waals surface area contributed by atoms with Crippen molar-refractivity contribution in [1.82, 2.24) is 5.32 Å². The van der Waals surface area contributed by atoms with Crippen molar-refractivity contribution in [2.45, 2.75) is 33.2 Å². The van der Waals surface area contributed by atoms with Gasteiger partial charge in [0.15, 0.2) is 0 Å². The van der Waals surface area contributed by atoms with Crippen LogP contribution in [0.5, 0.6) is 0 Å². The Bertz CT molecular complexity index is 169. The third kappa shape index (κ3) is 4.85. The first-order valence-electron chi connectivity index (χ1n) is 4.57. The molecule has 0 aliphatic rings. The highest BCUT2D eigenvalue weighted by atomic mass is 16.3. The number of nitrogens with two attached hydrogens (primary N) is 1. The Hall–Kier alpha value is -0.610. The second-order valence-electron chi connectivity index (χ2n) is 4.05. The molecule has 0 aromatic rings. The van der Waals surface area contributed by atoms with Crippen LogP contribution in [0.25, 0.3) is 0 Å². The number of rotatable bonds is 5. The summed E-state index contributed by atoms with van der Waals surface area (Å²) in [5.41, 5.74) is 5.24. The van der Waals surface area contributed by atoms with Crippen LogP contribution >= 0.6 is 0 Å². The van der Waals surface area contributed by atoms with Gasteiger partial charge in [-0.15, -0.1) is 0 Å². The highest BCUT2D eigenvalue weighted by Crippen LogP contribution is 2.11. The van der Waals surface area contributed by atoms with E-state index in [4.69, 9.17) is 10.8 Å². The van der Waals surface area contributed by atoms with Crippen molar-refractivity contribution in [2.75, 3.05) is 13.2 Å². The Balaban J connectivity index is 3.83. The molecule has 0 heterocycles. The second-order valence-corrected chi connectivity index (χ2v) is 4.05. The van der Waals surface area contributed by atoms with E-state index in [1.165, 1.54) is 0 Å². The number of aliphatic hydroxyl groups is 1. The molecule has 4 heteroatoms. The van der Waals surface area contributed by atoms with Crippen LogP contribution in [0.3, 0.4) is 0 Å². The van der Waals surface area contributed by atoms with Gasteiger partial charge in [0.05, 0.1) is 6.04 Å². The van der Waals surface area contributed by atoms with Crippen LogP contribution in [0.1, 0.15) is 27.2 Å². The lowest BCUT2D eigenvalue weighted by Gasteiger charge is -2.22. The summed E-state index contributed by atoms with van der Waals surface area (Å²) in [6.45, 7) is 6.13. The molecule has 0 saturated carbocycles. The fourth-order valence-electron chi connectivity index (χ4n) is 0.699. The first-order chi connectivity index (χ1) is 5.93. The molecule has 0 bridgehead atoms. The van der Waals surface area contributed by atoms with Crippen LogP contribution in [0, 0.1) is 5.41 Å². The molecular weight excluding hydrogens is 168 g/mol. The Morgan fingerprint density at radius 2 is 2.15 bits per heavy atom. The van der Waals surface area contributed by atoms with E-state index in [2.05, 4.69) is 5.32 Å². The molecule has 1 amide bonds. The Labute approximate surface area is 79.5 Å². The summed E-state index contributed by atoms with van der Waals surface area (Å²) in [5.74, 6) is -0.149. The standard InChI is InChI=1S/C9H20N2O2/c1-4-7(10)8(13)11-5-9(2,3)6-12/h7,12H,4-6,10H2,1-3H3,(H,11,13)/t7-/m1/s1. The molecule has 0 unspecified atom stereocenters. The minimum Gasteiger partial charge on any atom is -0.396 e. The number of amides is 1. The molecule has 1 atom stereocenters. The predicted octanol–water partition coefficient (Wildman–Crippen LogP) is -0.142. The van der Waals surface area contributed by atoms with Crippen molar-refractivity contribution in [3.63, 3.8) is 0 Å². The summed E-state index contributed by atoms with van der Waals surface area (Å²) < 4.78 is 0. The maximum atomic E-state index is 11.2. The molecule has 78 valence electrons. The van der Waals surface area contributed by atoms with Crippen molar-refractivity contribution in [1.29, 1.82) is 0 Å². The van der Waals surface area contributed by atoms with E-state index in [1.807, 2.05) is 20.8 Å². The third-order valence-electron chi connectivity index (χ3n) is 1.95. The third-order valence-corrected chi connectivity index (χ3v) is 1.95. The van der Waals surface area contributed by atoms with Gasteiger partial charge < -0.3 is 16.2 Å². The number of hydrogen-bond donors (Lipinski definition) is 3. The van der Waals surface area contributed by atoms with Crippen molar-refractivity contribution in [2.24, 2.45) is 11.1 Å². The largest absolute Gasteiger partial charge is 0.396 e. The lowest BCUT2D eigenvalue weighted by atomic mass is 9.95. The summed E-state index contributed by atoms with van der Waals surface area (Å²) in [5, 5.41) is 11.6.